The molecule has 5 aromatic rings. The number of hydrogen-bond donors (Lipinski definition) is 0. The summed E-state index contributed by atoms with van der Waals surface area (Å²) in [6.07, 6.45) is -0.984. The van der Waals surface area contributed by atoms with Crippen LogP contribution in [0.2, 0.25) is 0 Å². The number of esters is 1. The Hall–Kier alpha value is -5.27. The summed E-state index contributed by atoms with van der Waals surface area (Å²) in [5.41, 5.74) is 2.47. The molecule has 0 saturated carbocycles. The van der Waals surface area contributed by atoms with Crippen LogP contribution in [-0.2, 0) is 14.4 Å². The molecule has 0 bridgehead atoms. The molecule has 7 nitrogen and oxygen atoms in total. The predicted molar refractivity (Wildman–Crippen MR) is 154 cm³/mol. The second-order valence-corrected chi connectivity index (χ2v) is 9.99. The number of anilines is 2. The van der Waals surface area contributed by atoms with Crippen LogP contribution in [0.1, 0.15) is 22.0 Å². The number of imide groups is 1. The third-order valence-corrected chi connectivity index (χ3v) is 7.58. The normalized spacial score (nSPS) is 20.0. The fraction of sp³-hybridized carbons (Fsp3) is 0.0882. The van der Waals surface area contributed by atoms with Gasteiger partial charge in [0, 0.05) is 5.39 Å². The molecule has 2 aliphatic heterocycles. The molecule has 7 heteroatoms. The van der Waals surface area contributed by atoms with Gasteiger partial charge in [-0.2, -0.15) is 0 Å². The maximum Gasteiger partial charge on any atom is 0.343 e. The van der Waals surface area contributed by atoms with Gasteiger partial charge < -0.3 is 4.74 Å². The van der Waals surface area contributed by atoms with Crippen LogP contribution in [0.5, 0.6) is 5.75 Å². The Balaban J connectivity index is 1.24. The number of benzene rings is 5. The zero-order valence-corrected chi connectivity index (χ0v) is 21.8. The Morgan fingerprint density at radius 2 is 1.34 bits per heavy atom. The average molecular weight is 541 g/mol. The topological polar surface area (TPSA) is 76.2 Å². The number of hydrogen-bond acceptors (Lipinski definition) is 6. The molecule has 3 atom stereocenters. The largest absolute Gasteiger partial charge is 0.423 e. The number of fused-ring (bicyclic) bond motifs is 2. The van der Waals surface area contributed by atoms with Crippen LogP contribution in [-0.4, -0.2) is 23.9 Å². The van der Waals surface area contributed by atoms with E-state index in [0.29, 0.717) is 17.0 Å². The summed E-state index contributed by atoms with van der Waals surface area (Å²) in [5.74, 6) is -1.58. The van der Waals surface area contributed by atoms with Crippen LogP contribution in [0.15, 0.2) is 127 Å². The van der Waals surface area contributed by atoms with Crippen molar-refractivity contribution in [1.82, 2.24) is 0 Å². The average Bonchev–Trinajstić information content (AvgIpc) is 3.53. The number of nitrogens with zero attached hydrogens (tertiary/aromatic N) is 2. The van der Waals surface area contributed by atoms with Crippen molar-refractivity contribution in [3.63, 3.8) is 0 Å². The van der Waals surface area contributed by atoms with Crippen molar-refractivity contribution in [1.29, 1.82) is 0 Å². The van der Waals surface area contributed by atoms with Gasteiger partial charge in [0.2, 0.25) is 5.91 Å². The first-order valence-corrected chi connectivity index (χ1v) is 13.3. The summed E-state index contributed by atoms with van der Waals surface area (Å²) in [7, 11) is 0. The number of amides is 2. The van der Waals surface area contributed by atoms with E-state index in [1.165, 1.54) is 4.90 Å². The Morgan fingerprint density at radius 1 is 0.683 bits per heavy atom. The smallest absolute Gasteiger partial charge is 0.343 e. The number of rotatable bonds is 5. The molecule has 41 heavy (non-hydrogen) atoms. The van der Waals surface area contributed by atoms with Gasteiger partial charge in [0.15, 0.2) is 6.10 Å². The monoisotopic (exact) mass is 540 g/mol. The Labute approximate surface area is 236 Å². The first-order chi connectivity index (χ1) is 20.1. The number of carbonyl (C=O) groups excluding carboxylic acids is 3. The Morgan fingerprint density at radius 3 is 2.10 bits per heavy atom. The molecule has 0 N–H and O–H groups in total. The summed E-state index contributed by atoms with van der Waals surface area (Å²) in [6, 6.07) is 37.8. The van der Waals surface area contributed by atoms with Crippen molar-refractivity contribution in [2.45, 2.75) is 12.1 Å². The Kier molecular flexibility index (Phi) is 6.06. The van der Waals surface area contributed by atoms with Crippen LogP contribution >= 0.6 is 0 Å². The molecule has 2 aliphatic rings. The van der Waals surface area contributed by atoms with Gasteiger partial charge in [-0.25, -0.2) is 14.8 Å². The lowest BCUT2D eigenvalue weighted by Gasteiger charge is -2.29. The van der Waals surface area contributed by atoms with E-state index >= 15 is 0 Å². The number of para-hydroxylation sites is 1. The SMILES string of the molecule is O=C(Oc1ccc([C@@H]2[C@@H]3C(=O)N(c4cccc5ccccc45)C(=O)[C@H]3ON2c2ccccc2)cc1)c1ccccc1. The fourth-order valence-electron chi connectivity index (χ4n) is 5.67. The quantitative estimate of drug-likeness (QED) is 0.152. The molecular weight excluding hydrogens is 516 g/mol. The molecule has 0 aliphatic carbocycles. The van der Waals surface area contributed by atoms with Gasteiger partial charge in [-0.05, 0) is 53.4 Å². The second kappa shape index (κ2) is 10.0. The van der Waals surface area contributed by atoms with Gasteiger partial charge in [0.1, 0.15) is 11.7 Å². The number of carbonyl (C=O) groups is 3. The minimum absolute atomic E-state index is 0.320. The summed E-state index contributed by atoms with van der Waals surface area (Å²) in [4.78, 5) is 48.0. The van der Waals surface area contributed by atoms with Gasteiger partial charge >= 0.3 is 5.97 Å². The summed E-state index contributed by atoms with van der Waals surface area (Å²) >= 11 is 0. The van der Waals surface area contributed by atoms with E-state index in [9.17, 15) is 14.4 Å². The zero-order valence-electron chi connectivity index (χ0n) is 21.8. The highest BCUT2D eigenvalue weighted by atomic mass is 16.7. The molecule has 0 spiro atoms. The van der Waals surface area contributed by atoms with Crippen molar-refractivity contribution in [3.05, 3.63) is 139 Å². The molecule has 200 valence electrons. The maximum absolute atomic E-state index is 14.1. The van der Waals surface area contributed by atoms with Crippen LogP contribution < -0.4 is 14.7 Å². The van der Waals surface area contributed by atoms with Crippen LogP contribution in [0.25, 0.3) is 10.8 Å². The summed E-state index contributed by atoms with van der Waals surface area (Å²) in [5, 5.41) is 3.40. The van der Waals surface area contributed by atoms with Crippen molar-refractivity contribution in [2.75, 3.05) is 9.96 Å². The number of ether oxygens (including phenoxy) is 1. The molecular formula is C34H24N2O5. The second-order valence-electron chi connectivity index (χ2n) is 9.99. The zero-order chi connectivity index (χ0) is 27.9. The van der Waals surface area contributed by atoms with E-state index in [-0.39, 0.29) is 5.91 Å². The van der Waals surface area contributed by atoms with E-state index in [1.807, 2.05) is 72.8 Å². The molecule has 5 aromatic carbocycles. The minimum atomic E-state index is -0.984. The minimum Gasteiger partial charge on any atom is -0.423 e. The first-order valence-electron chi connectivity index (χ1n) is 13.3. The standard InChI is InChI=1S/C34H24N2O5/c37-32-29-30(23-18-20-26(21-19-23)40-34(39)24-11-3-1-4-12-24)36(25-14-5-2-6-15-25)41-31(29)33(38)35(32)28-17-9-13-22-10-7-8-16-27(22)28/h1-21,29-31H/t29-,30+,31-/m0/s1. The van der Waals surface area contributed by atoms with Gasteiger partial charge in [-0.1, -0.05) is 84.9 Å². The lowest BCUT2D eigenvalue weighted by atomic mass is 9.90. The fourth-order valence-corrected chi connectivity index (χ4v) is 5.67. The maximum atomic E-state index is 14.1. The van der Waals surface area contributed by atoms with Gasteiger partial charge in [-0.3, -0.25) is 14.4 Å². The van der Waals surface area contributed by atoms with E-state index in [0.717, 1.165) is 22.0 Å². The Bertz CT molecular complexity index is 1770. The highest BCUT2D eigenvalue weighted by Crippen LogP contribution is 2.48. The van der Waals surface area contributed by atoms with E-state index in [4.69, 9.17) is 9.57 Å². The van der Waals surface area contributed by atoms with Crippen molar-refractivity contribution in [2.24, 2.45) is 5.92 Å². The van der Waals surface area contributed by atoms with E-state index in [1.54, 1.807) is 59.7 Å². The molecule has 0 radical (unpaired) electrons. The van der Waals surface area contributed by atoms with E-state index < -0.39 is 29.9 Å². The summed E-state index contributed by atoms with van der Waals surface area (Å²) < 4.78 is 5.56. The summed E-state index contributed by atoms with van der Waals surface area (Å²) in [6.45, 7) is 0. The molecule has 7 rings (SSSR count). The van der Waals surface area contributed by atoms with Crippen molar-refractivity contribution in [3.8, 4) is 5.75 Å². The van der Waals surface area contributed by atoms with E-state index in [2.05, 4.69) is 0 Å². The van der Waals surface area contributed by atoms with Gasteiger partial charge in [0.25, 0.3) is 5.91 Å². The third kappa shape index (κ3) is 4.23. The van der Waals surface area contributed by atoms with Crippen molar-refractivity contribution < 1.29 is 24.0 Å². The first kappa shape index (κ1) is 24.7. The third-order valence-electron chi connectivity index (χ3n) is 7.58. The highest BCUT2D eigenvalue weighted by molar-refractivity contribution is 6.26. The lowest BCUT2D eigenvalue weighted by Crippen LogP contribution is -2.37. The van der Waals surface area contributed by atoms with Crippen LogP contribution in [0.4, 0.5) is 11.4 Å². The molecule has 2 fully saturated rings. The predicted octanol–water partition coefficient (Wildman–Crippen LogP) is 6.11. The van der Waals surface area contributed by atoms with Gasteiger partial charge in [0.05, 0.1) is 23.0 Å². The van der Waals surface area contributed by atoms with Gasteiger partial charge in [-0.15, -0.1) is 0 Å². The lowest BCUT2D eigenvalue weighted by molar-refractivity contribution is -0.126. The number of hydroxylamine groups is 1. The van der Waals surface area contributed by atoms with Crippen LogP contribution in [0, 0.1) is 5.92 Å². The van der Waals surface area contributed by atoms with Crippen LogP contribution in [0.3, 0.4) is 0 Å². The molecule has 2 heterocycles. The molecule has 2 saturated heterocycles. The molecule has 2 amide bonds. The molecule has 0 unspecified atom stereocenters. The highest BCUT2D eigenvalue weighted by Gasteiger charge is 2.60. The van der Waals surface area contributed by atoms with Crippen molar-refractivity contribution >= 4 is 39.9 Å². The molecule has 0 aromatic heterocycles.